The smallest absolute Gasteiger partial charge is 0.227 e. The van der Waals surface area contributed by atoms with E-state index in [1.54, 1.807) is 0 Å². The standard InChI is InChI=1S/C21H23N3O3/c1-14(2)26-17-10-8-16(9-11-17)22-19(25)12-13-20-23-21(24-27-20)18-7-5-4-6-15(18)3/h4-11,14H,12-13H2,1-3H3,(H,22,25). The first kappa shape index (κ1) is 18.6. The molecular formula is C21H23N3O3. The molecule has 0 aliphatic heterocycles. The van der Waals surface area contributed by atoms with Gasteiger partial charge in [0.1, 0.15) is 5.75 Å². The van der Waals surface area contributed by atoms with Gasteiger partial charge in [0.2, 0.25) is 17.6 Å². The van der Waals surface area contributed by atoms with Crippen LogP contribution in [0.4, 0.5) is 5.69 Å². The Labute approximate surface area is 158 Å². The lowest BCUT2D eigenvalue weighted by atomic mass is 10.1. The summed E-state index contributed by atoms with van der Waals surface area (Å²) in [5.41, 5.74) is 2.73. The number of aryl methyl sites for hydroxylation is 2. The molecule has 0 spiro atoms. The molecule has 1 heterocycles. The third-order valence-electron chi connectivity index (χ3n) is 3.93. The Morgan fingerprint density at radius 2 is 1.89 bits per heavy atom. The largest absolute Gasteiger partial charge is 0.491 e. The van der Waals surface area contributed by atoms with Crippen LogP contribution in [0.15, 0.2) is 53.1 Å². The number of nitrogens with zero attached hydrogens (tertiary/aromatic N) is 2. The normalized spacial score (nSPS) is 10.8. The van der Waals surface area contributed by atoms with Crippen molar-refractivity contribution in [3.8, 4) is 17.1 Å². The summed E-state index contributed by atoms with van der Waals surface area (Å²) in [6.45, 7) is 5.94. The molecule has 0 saturated heterocycles. The highest BCUT2D eigenvalue weighted by atomic mass is 16.5. The highest BCUT2D eigenvalue weighted by Gasteiger charge is 2.12. The van der Waals surface area contributed by atoms with E-state index in [0.717, 1.165) is 22.6 Å². The van der Waals surface area contributed by atoms with E-state index in [4.69, 9.17) is 9.26 Å². The Morgan fingerprint density at radius 1 is 1.15 bits per heavy atom. The average molecular weight is 365 g/mol. The predicted molar refractivity (Wildman–Crippen MR) is 104 cm³/mol. The molecule has 140 valence electrons. The minimum Gasteiger partial charge on any atom is -0.491 e. The van der Waals surface area contributed by atoms with Crippen molar-refractivity contribution in [1.82, 2.24) is 10.1 Å². The highest BCUT2D eigenvalue weighted by molar-refractivity contribution is 5.90. The third-order valence-corrected chi connectivity index (χ3v) is 3.93. The van der Waals surface area contributed by atoms with Crippen molar-refractivity contribution in [3.05, 3.63) is 60.0 Å². The molecule has 1 N–H and O–H groups in total. The molecule has 0 fully saturated rings. The molecule has 3 rings (SSSR count). The maximum absolute atomic E-state index is 12.1. The molecule has 0 aliphatic rings. The molecule has 6 nitrogen and oxygen atoms in total. The summed E-state index contributed by atoms with van der Waals surface area (Å²) in [5, 5.41) is 6.87. The SMILES string of the molecule is Cc1ccccc1-c1noc(CCC(=O)Nc2ccc(OC(C)C)cc2)n1. The van der Waals surface area contributed by atoms with E-state index in [1.807, 2.05) is 69.3 Å². The molecule has 0 unspecified atom stereocenters. The number of carbonyl (C=O) groups is 1. The Morgan fingerprint density at radius 3 is 2.59 bits per heavy atom. The monoisotopic (exact) mass is 365 g/mol. The van der Waals surface area contributed by atoms with Gasteiger partial charge in [-0.15, -0.1) is 0 Å². The van der Waals surface area contributed by atoms with Crippen molar-refractivity contribution >= 4 is 11.6 Å². The average Bonchev–Trinajstić information content (AvgIpc) is 3.10. The number of benzene rings is 2. The topological polar surface area (TPSA) is 77.2 Å². The van der Waals surface area contributed by atoms with Crippen LogP contribution < -0.4 is 10.1 Å². The fourth-order valence-electron chi connectivity index (χ4n) is 2.62. The maximum Gasteiger partial charge on any atom is 0.227 e. The lowest BCUT2D eigenvalue weighted by Crippen LogP contribution is -2.12. The predicted octanol–water partition coefficient (Wildman–Crippen LogP) is 4.40. The van der Waals surface area contributed by atoms with Crippen LogP contribution in [0.2, 0.25) is 0 Å². The van der Waals surface area contributed by atoms with Crippen LogP contribution in [0.1, 0.15) is 31.7 Å². The summed E-state index contributed by atoms with van der Waals surface area (Å²) in [6.07, 6.45) is 0.767. The molecule has 0 aliphatic carbocycles. The van der Waals surface area contributed by atoms with E-state index >= 15 is 0 Å². The van der Waals surface area contributed by atoms with Crippen LogP contribution in [0, 0.1) is 6.92 Å². The molecule has 3 aromatic rings. The van der Waals surface area contributed by atoms with Crippen molar-refractivity contribution < 1.29 is 14.1 Å². The van der Waals surface area contributed by atoms with Crippen molar-refractivity contribution in [1.29, 1.82) is 0 Å². The molecule has 0 radical (unpaired) electrons. The molecule has 1 amide bonds. The molecule has 1 aromatic heterocycles. The number of hydrogen-bond acceptors (Lipinski definition) is 5. The number of aromatic nitrogens is 2. The van der Waals surface area contributed by atoms with E-state index in [2.05, 4.69) is 15.5 Å². The second kappa shape index (κ2) is 8.49. The van der Waals surface area contributed by atoms with Crippen LogP contribution >= 0.6 is 0 Å². The third kappa shape index (κ3) is 5.17. The summed E-state index contributed by atoms with van der Waals surface area (Å²) in [7, 11) is 0. The van der Waals surface area contributed by atoms with Gasteiger partial charge >= 0.3 is 0 Å². The highest BCUT2D eigenvalue weighted by Crippen LogP contribution is 2.20. The molecule has 27 heavy (non-hydrogen) atoms. The zero-order chi connectivity index (χ0) is 19.2. The molecule has 0 saturated carbocycles. The maximum atomic E-state index is 12.1. The Balaban J connectivity index is 1.53. The van der Waals surface area contributed by atoms with Gasteiger partial charge in [0.15, 0.2) is 0 Å². The summed E-state index contributed by atoms with van der Waals surface area (Å²) in [4.78, 5) is 16.5. The quantitative estimate of drug-likeness (QED) is 0.671. The van der Waals surface area contributed by atoms with Gasteiger partial charge in [0, 0.05) is 24.1 Å². The van der Waals surface area contributed by atoms with Gasteiger partial charge in [-0.05, 0) is 50.6 Å². The number of nitrogens with one attached hydrogen (secondary N) is 1. The summed E-state index contributed by atoms with van der Waals surface area (Å²) >= 11 is 0. The summed E-state index contributed by atoms with van der Waals surface area (Å²) in [6, 6.07) is 15.1. The Bertz CT molecular complexity index is 901. The fourth-order valence-corrected chi connectivity index (χ4v) is 2.62. The van der Waals surface area contributed by atoms with Gasteiger partial charge < -0.3 is 14.6 Å². The van der Waals surface area contributed by atoms with Crippen LogP contribution in [0.3, 0.4) is 0 Å². The van der Waals surface area contributed by atoms with E-state index in [9.17, 15) is 4.79 Å². The van der Waals surface area contributed by atoms with Crippen LogP contribution in [-0.4, -0.2) is 22.2 Å². The second-order valence-corrected chi connectivity index (χ2v) is 6.57. The van der Waals surface area contributed by atoms with Crippen LogP contribution in [0.25, 0.3) is 11.4 Å². The van der Waals surface area contributed by atoms with Crippen molar-refractivity contribution in [3.63, 3.8) is 0 Å². The van der Waals surface area contributed by atoms with Gasteiger partial charge in [-0.25, -0.2) is 0 Å². The van der Waals surface area contributed by atoms with E-state index in [-0.39, 0.29) is 18.4 Å². The molecular weight excluding hydrogens is 342 g/mol. The van der Waals surface area contributed by atoms with E-state index < -0.39 is 0 Å². The first-order valence-corrected chi connectivity index (χ1v) is 8.96. The first-order valence-electron chi connectivity index (χ1n) is 8.96. The minimum atomic E-state index is -0.108. The van der Waals surface area contributed by atoms with Crippen molar-refractivity contribution in [2.24, 2.45) is 0 Å². The number of carbonyl (C=O) groups excluding carboxylic acids is 1. The Hall–Kier alpha value is -3.15. The van der Waals surface area contributed by atoms with Gasteiger partial charge in [-0.3, -0.25) is 4.79 Å². The molecule has 6 heteroatoms. The fraction of sp³-hybridized carbons (Fsp3) is 0.286. The van der Waals surface area contributed by atoms with Crippen molar-refractivity contribution in [2.75, 3.05) is 5.32 Å². The summed E-state index contributed by atoms with van der Waals surface area (Å²) in [5.74, 6) is 1.66. The number of anilines is 1. The molecule has 0 bridgehead atoms. The number of ether oxygens (including phenoxy) is 1. The number of hydrogen-bond donors (Lipinski definition) is 1. The molecule has 0 atom stereocenters. The van der Waals surface area contributed by atoms with Crippen LogP contribution in [-0.2, 0) is 11.2 Å². The first-order chi connectivity index (χ1) is 13.0. The number of amides is 1. The van der Waals surface area contributed by atoms with E-state index in [1.165, 1.54) is 0 Å². The molecule has 2 aromatic carbocycles. The number of rotatable bonds is 7. The van der Waals surface area contributed by atoms with E-state index in [0.29, 0.717) is 18.1 Å². The lowest BCUT2D eigenvalue weighted by Gasteiger charge is -2.10. The zero-order valence-corrected chi connectivity index (χ0v) is 15.7. The van der Waals surface area contributed by atoms with Crippen molar-refractivity contribution in [2.45, 2.75) is 39.7 Å². The minimum absolute atomic E-state index is 0.108. The van der Waals surface area contributed by atoms with Gasteiger partial charge in [-0.2, -0.15) is 4.98 Å². The van der Waals surface area contributed by atoms with Gasteiger partial charge in [0.25, 0.3) is 0 Å². The summed E-state index contributed by atoms with van der Waals surface area (Å²) < 4.78 is 10.9. The van der Waals surface area contributed by atoms with Gasteiger partial charge in [-0.1, -0.05) is 29.4 Å². The lowest BCUT2D eigenvalue weighted by molar-refractivity contribution is -0.116. The van der Waals surface area contributed by atoms with Gasteiger partial charge in [0.05, 0.1) is 6.10 Å². The Kier molecular flexibility index (Phi) is 5.86. The van der Waals surface area contributed by atoms with Crippen LogP contribution in [0.5, 0.6) is 5.75 Å². The zero-order valence-electron chi connectivity index (χ0n) is 15.7. The second-order valence-electron chi connectivity index (χ2n) is 6.57.